The van der Waals surface area contributed by atoms with Crippen LogP contribution in [0.3, 0.4) is 0 Å². The fourth-order valence-corrected chi connectivity index (χ4v) is 1.27. The molecule has 0 spiro atoms. The van der Waals surface area contributed by atoms with Crippen LogP contribution >= 0.6 is 0 Å². The molecule has 1 fully saturated rings. The van der Waals surface area contributed by atoms with Crippen LogP contribution in [0.1, 0.15) is 12.8 Å². The van der Waals surface area contributed by atoms with E-state index < -0.39 is 0 Å². The molecule has 1 saturated heterocycles. The van der Waals surface area contributed by atoms with Gasteiger partial charge in [-0.05, 0) is 13.0 Å². The highest BCUT2D eigenvalue weighted by Crippen LogP contribution is 1.98. The summed E-state index contributed by atoms with van der Waals surface area (Å²) >= 11 is 0. The maximum Gasteiger partial charge on any atom is 0.221 e. The number of hydrogen-bond donors (Lipinski definition) is 2. The molecule has 1 amide bonds. The Labute approximate surface area is 72.7 Å². The van der Waals surface area contributed by atoms with Gasteiger partial charge >= 0.3 is 0 Å². The van der Waals surface area contributed by atoms with E-state index in [1.165, 1.54) is 0 Å². The zero-order valence-corrected chi connectivity index (χ0v) is 7.43. The Morgan fingerprint density at radius 1 is 1.75 bits per heavy atom. The molecule has 70 valence electrons. The Morgan fingerprint density at radius 3 is 3.17 bits per heavy atom. The molecule has 1 rings (SSSR count). The molecule has 1 atom stereocenters. The molecule has 12 heavy (non-hydrogen) atoms. The Kier molecular flexibility index (Phi) is 4.04. The first-order valence-corrected chi connectivity index (χ1v) is 4.32. The summed E-state index contributed by atoms with van der Waals surface area (Å²) in [5.41, 5.74) is 0. The third kappa shape index (κ3) is 3.19. The van der Waals surface area contributed by atoms with Crippen LogP contribution in [0, 0.1) is 0 Å². The van der Waals surface area contributed by atoms with Crippen molar-refractivity contribution in [1.29, 1.82) is 0 Å². The van der Waals surface area contributed by atoms with Crippen LogP contribution in [-0.4, -0.2) is 38.8 Å². The van der Waals surface area contributed by atoms with Crippen LogP contribution in [-0.2, 0) is 9.53 Å². The molecule has 2 N–H and O–H groups in total. The van der Waals surface area contributed by atoms with Crippen LogP contribution in [0.2, 0.25) is 0 Å². The lowest BCUT2D eigenvalue weighted by Crippen LogP contribution is -2.32. The highest BCUT2D eigenvalue weighted by molar-refractivity contribution is 5.78. The fraction of sp³-hybridized carbons (Fsp3) is 0.875. The number of rotatable bonds is 5. The van der Waals surface area contributed by atoms with Gasteiger partial charge < -0.3 is 15.4 Å². The van der Waals surface area contributed by atoms with Crippen molar-refractivity contribution in [2.45, 2.75) is 18.9 Å². The van der Waals surface area contributed by atoms with Crippen molar-refractivity contribution in [2.24, 2.45) is 0 Å². The van der Waals surface area contributed by atoms with Crippen molar-refractivity contribution in [3.63, 3.8) is 0 Å². The van der Waals surface area contributed by atoms with Crippen LogP contribution < -0.4 is 10.6 Å². The predicted octanol–water partition coefficient (Wildman–Crippen LogP) is -0.499. The van der Waals surface area contributed by atoms with Crippen molar-refractivity contribution in [3.8, 4) is 0 Å². The number of nitrogens with one attached hydrogen (secondary N) is 2. The second-order valence-electron chi connectivity index (χ2n) is 3.01. The quantitative estimate of drug-likeness (QED) is 0.550. The summed E-state index contributed by atoms with van der Waals surface area (Å²) in [6, 6.07) is 0.328. The van der Waals surface area contributed by atoms with E-state index in [0.29, 0.717) is 12.5 Å². The smallest absolute Gasteiger partial charge is 0.221 e. The minimum Gasteiger partial charge on any atom is -0.385 e. The van der Waals surface area contributed by atoms with Gasteiger partial charge in [-0.2, -0.15) is 0 Å². The topological polar surface area (TPSA) is 50.4 Å². The number of methoxy groups -OCH3 is 1. The van der Waals surface area contributed by atoms with E-state index in [0.717, 1.165) is 26.1 Å². The van der Waals surface area contributed by atoms with Crippen LogP contribution in [0.5, 0.6) is 0 Å². The van der Waals surface area contributed by atoms with E-state index in [4.69, 9.17) is 4.74 Å². The van der Waals surface area contributed by atoms with E-state index in [2.05, 4.69) is 10.6 Å². The summed E-state index contributed by atoms with van der Waals surface area (Å²) in [7, 11) is 1.70. The number of carbonyl (C=O) groups is 1. The molecule has 0 radical (unpaired) electrons. The second-order valence-corrected chi connectivity index (χ2v) is 3.01. The summed E-state index contributed by atoms with van der Waals surface area (Å²) in [6.07, 6.45) is 1.62. The van der Waals surface area contributed by atoms with Gasteiger partial charge in [0.25, 0.3) is 0 Å². The van der Waals surface area contributed by atoms with E-state index >= 15 is 0 Å². The molecule has 1 aliphatic rings. The standard InChI is InChI=1S/C8H16N2O2/c1-12-4-2-3-9-7-5-8(11)10-6-7/h7,9H,2-6H2,1H3,(H,10,11). The van der Waals surface area contributed by atoms with Gasteiger partial charge in [0.1, 0.15) is 0 Å². The van der Waals surface area contributed by atoms with Crippen molar-refractivity contribution in [2.75, 3.05) is 26.8 Å². The van der Waals surface area contributed by atoms with Gasteiger partial charge in [-0.1, -0.05) is 0 Å². The molecule has 0 saturated carbocycles. The number of carbonyl (C=O) groups excluding carboxylic acids is 1. The van der Waals surface area contributed by atoms with Gasteiger partial charge in [0.15, 0.2) is 0 Å². The van der Waals surface area contributed by atoms with Crippen molar-refractivity contribution in [1.82, 2.24) is 10.6 Å². The Hall–Kier alpha value is -0.610. The lowest BCUT2D eigenvalue weighted by Gasteiger charge is -2.08. The average molecular weight is 172 g/mol. The Balaban J connectivity index is 1.97. The molecule has 1 aliphatic heterocycles. The Morgan fingerprint density at radius 2 is 2.58 bits per heavy atom. The zero-order valence-electron chi connectivity index (χ0n) is 7.43. The molecule has 0 aliphatic carbocycles. The first kappa shape index (κ1) is 9.48. The van der Waals surface area contributed by atoms with E-state index in [-0.39, 0.29) is 5.91 Å². The zero-order chi connectivity index (χ0) is 8.81. The van der Waals surface area contributed by atoms with Crippen molar-refractivity contribution < 1.29 is 9.53 Å². The van der Waals surface area contributed by atoms with Gasteiger partial charge in [-0.3, -0.25) is 4.79 Å². The van der Waals surface area contributed by atoms with Gasteiger partial charge in [0.2, 0.25) is 5.91 Å². The molecular weight excluding hydrogens is 156 g/mol. The van der Waals surface area contributed by atoms with E-state index in [1.54, 1.807) is 7.11 Å². The lowest BCUT2D eigenvalue weighted by atomic mass is 10.2. The third-order valence-corrected chi connectivity index (χ3v) is 1.94. The van der Waals surface area contributed by atoms with Crippen molar-refractivity contribution in [3.05, 3.63) is 0 Å². The molecule has 0 bridgehead atoms. The summed E-state index contributed by atoms with van der Waals surface area (Å²) < 4.78 is 4.91. The lowest BCUT2D eigenvalue weighted by molar-refractivity contribution is -0.119. The highest BCUT2D eigenvalue weighted by atomic mass is 16.5. The molecule has 0 aromatic heterocycles. The maximum absolute atomic E-state index is 10.8. The monoisotopic (exact) mass is 172 g/mol. The predicted molar refractivity (Wildman–Crippen MR) is 45.9 cm³/mol. The maximum atomic E-state index is 10.8. The summed E-state index contributed by atoms with van der Waals surface area (Å²) in [5, 5.41) is 6.06. The van der Waals surface area contributed by atoms with Gasteiger partial charge in [0.05, 0.1) is 0 Å². The number of amides is 1. The Bertz CT molecular complexity index is 150. The summed E-state index contributed by atoms with van der Waals surface area (Å²) in [6.45, 7) is 2.47. The summed E-state index contributed by atoms with van der Waals surface area (Å²) in [5.74, 6) is 0.152. The third-order valence-electron chi connectivity index (χ3n) is 1.94. The minimum atomic E-state index is 0.152. The fourth-order valence-electron chi connectivity index (χ4n) is 1.27. The van der Waals surface area contributed by atoms with Crippen LogP contribution in [0.15, 0.2) is 0 Å². The molecule has 1 unspecified atom stereocenters. The second kappa shape index (κ2) is 5.11. The van der Waals surface area contributed by atoms with Gasteiger partial charge in [-0.15, -0.1) is 0 Å². The van der Waals surface area contributed by atoms with Crippen molar-refractivity contribution >= 4 is 5.91 Å². The number of hydrogen-bond acceptors (Lipinski definition) is 3. The molecule has 0 aromatic carbocycles. The van der Waals surface area contributed by atoms with Crippen LogP contribution in [0.25, 0.3) is 0 Å². The summed E-state index contributed by atoms with van der Waals surface area (Å²) in [4.78, 5) is 10.8. The van der Waals surface area contributed by atoms with E-state index in [9.17, 15) is 4.79 Å². The SMILES string of the molecule is COCCCNC1CNC(=O)C1. The molecule has 0 aromatic rings. The normalized spacial score (nSPS) is 22.8. The highest BCUT2D eigenvalue weighted by Gasteiger charge is 2.19. The minimum absolute atomic E-state index is 0.152. The number of ether oxygens (including phenoxy) is 1. The first-order chi connectivity index (χ1) is 5.83. The van der Waals surface area contributed by atoms with Gasteiger partial charge in [0, 0.05) is 32.7 Å². The average Bonchev–Trinajstić information content (AvgIpc) is 2.45. The largest absolute Gasteiger partial charge is 0.385 e. The molecule has 1 heterocycles. The van der Waals surface area contributed by atoms with E-state index in [1.807, 2.05) is 0 Å². The first-order valence-electron chi connectivity index (χ1n) is 4.32. The van der Waals surface area contributed by atoms with Crippen LogP contribution in [0.4, 0.5) is 0 Å². The molecule has 4 heteroatoms. The molecular formula is C8H16N2O2. The van der Waals surface area contributed by atoms with Gasteiger partial charge in [-0.25, -0.2) is 0 Å². The molecule has 4 nitrogen and oxygen atoms in total.